The Morgan fingerprint density at radius 2 is 0.691 bits per heavy atom. The van der Waals surface area contributed by atoms with Gasteiger partial charge in [-0.3, -0.25) is 9.59 Å². The molecule has 5 nitrogen and oxygen atoms in total. The average Bonchev–Trinajstić information content (AvgIpc) is 3.44. The van der Waals surface area contributed by atoms with Gasteiger partial charge in [0.25, 0.3) is 11.8 Å². The van der Waals surface area contributed by atoms with E-state index in [9.17, 15) is 0 Å². The van der Waals surface area contributed by atoms with Gasteiger partial charge in [0.2, 0.25) is 0 Å². The van der Waals surface area contributed by atoms with E-state index in [-0.39, 0.29) is 34.5 Å². The summed E-state index contributed by atoms with van der Waals surface area (Å²) in [6.45, 7) is 17.6. The molecule has 0 fully saturated rings. The summed E-state index contributed by atoms with van der Waals surface area (Å²) in [5.41, 5.74) is 13.0. The summed E-state index contributed by atoms with van der Waals surface area (Å²) in [7, 11) is 0. The van der Waals surface area contributed by atoms with Gasteiger partial charge in [0, 0.05) is 10.8 Å². The number of imide groups is 1. The minimum Gasteiger partial charge on any atom is -0.309 e. The summed E-state index contributed by atoms with van der Waals surface area (Å²) in [6, 6.07) is 44.2. The first-order valence-corrected chi connectivity index (χ1v) is 19.5. The standard InChI is InChI=1S/C50H47N3O2/c1-30(2)32-18-17-19-33(31(3)4)46(32)53-47(54)44-42(51-38-24-13-9-20-34(38)49(5,6)35-21-10-14-25-39(35)51)28-29-43(45(44)48(53)55)52-40-26-15-11-22-36(40)50(7,8)37-23-12-16-27-41(37)52/h9-31H,1-8H3. The maximum Gasteiger partial charge on any atom is 0.268 e. The van der Waals surface area contributed by atoms with Crippen molar-refractivity contribution in [3.8, 4) is 0 Å². The molecular formula is C50H47N3O2. The summed E-state index contributed by atoms with van der Waals surface area (Å²) in [5, 5.41) is 0. The van der Waals surface area contributed by atoms with Crippen LogP contribution in [0.25, 0.3) is 0 Å². The van der Waals surface area contributed by atoms with E-state index in [1.807, 2.05) is 0 Å². The highest BCUT2D eigenvalue weighted by Gasteiger charge is 2.48. The Hall–Kier alpha value is -5.94. The van der Waals surface area contributed by atoms with Gasteiger partial charge in [-0.2, -0.15) is 0 Å². The van der Waals surface area contributed by atoms with Gasteiger partial charge in [-0.15, -0.1) is 0 Å². The van der Waals surface area contributed by atoms with E-state index in [2.05, 4.69) is 193 Å². The first-order valence-electron chi connectivity index (χ1n) is 19.5. The van der Waals surface area contributed by atoms with Gasteiger partial charge in [0.15, 0.2) is 0 Å². The fourth-order valence-corrected chi connectivity index (χ4v) is 9.53. The number of benzene rings is 6. The number of carbonyl (C=O) groups is 2. The highest BCUT2D eigenvalue weighted by atomic mass is 16.2. The van der Waals surface area contributed by atoms with Crippen LogP contribution in [0.2, 0.25) is 0 Å². The van der Waals surface area contributed by atoms with Crippen molar-refractivity contribution in [2.45, 2.75) is 78.1 Å². The molecule has 6 aromatic carbocycles. The third-order valence-electron chi connectivity index (χ3n) is 12.3. The van der Waals surface area contributed by atoms with Gasteiger partial charge < -0.3 is 9.80 Å². The number of anilines is 7. The second kappa shape index (κ2) is 12.3. The molecule has 9 rings (SSSR count). The fourth-order valence-electron chi connectivity index (χ4n) is 9.53. The Labute approximate surface area is 324 Å². The van der Waals surface area contributed by atoms with Crippen LogP contribution in [0.3, 0.4) is 0 Å². The van der Waals surface area contributed by atoms with Crippen molar-refractivity contribution < 1.29 is 9.59 Å². The Balaban J connectivity index is 1.38. The van der Waals surface area contributed by atoms with Crippen LogP contribution >= 0.6 is 0 Å². The molecule has 0 saturated carbocycles. The van der Waals surface area contributed by atoms with Gasteiger partial charge in [0.05, 0.1) is 50.9 Å². The number of rotatable bonds is 5. The minimum absolute atomic E-state index is 0.0862. The van der Waals surface area contributed by atoms with Crippen molar-refractivity contribution in [2.24, 2.45) is 0 Å². The number of amides is 2. The maximum absolute atomic E-state index is 15.7. The van der Waals surface area contributed by atoms with Crippen molar-refractivity contribution >= 4 is 51.6 Å². The number of fused-ring (bicyclic) bond motifs is 5. The summed E-state index contributed by atoms with van der Waals surface area (Å²) in [4.78, 5) is 37.3. The number of carbonyl (C=O) groups excluding carboxylic acids is 2. The summed E-state index contributed by atoms with van der Waals surface area (Å²) in [6.07, 6.45) is 0. The zero-order valence-electron chi connectivity index (χ0n) is 32.9. The van der Waals surface area contributed by atoms with Crippen LogP contribution in [0.15, 0.2) is 127 Å². The Kier molecular flexibility index (Phi) is 7.78. The highest BCUT2D eigenvalue weighted by molar-refractivity contribution is 6.38. The summed E-state index contributed by atoms with van der Waals surface area (Å²) < 4.78 is 0. The van der Waals surface area contributed by atoms with Gasteiger partial charge in [-0.25, -0.2) is 4.90 Å². The topological polar surface area (TPSA) is 43.9 Å². The molecule has 0 spiro atoms. The molecule has 3 aliphatic heterocycles. The van der Waals surface area contributed by atoms with Crippen LogP contribution < -0.4 is 14.7 Å². The monoisotopic (exact) mass is 721 g/mol. The molecule has 55 heavy (non-hydrogen) atoms. The van der Waals surface area contributed by atoms with Gasteiger partial charge >= 0.3 is 0 Å². The Morgan fingerprint density at radius 1 is 0.382 bits per heavy atom. The van der Waals surface area contributed by atoms with Crippen LogP contribution in [-0.4, -0.2) is 11.8 Å². The Bertz CT molecular complexity index is 2310. The van der Waals surface area contributed by atoms with Crippen LogP contribution in [0, 0.1) is 0 Å². The molecule has 5 heteroatoms. The first-order chi connectivity index (χ1) is 26.4. The zero-order chi connectivity index (χ0) is 38.6. The molecule has 0 unspecified atom stereocenters. The maximum atomic E-state index is 15.7. The first kappa shape index (κ1) is 34.8. The number of para-hydroxylation sites is 5. The van der Waals surface area contributed by atoms with Crippen molar-refractivity contribution in [3.05, 3.63) is 172 Å². The van der Waals surface area contributed by atoms with Crippen LogP contribution in [0.4, 0.5) is 39.8 Å². The minimum atomic E-state index is -0.300. The van der Waals surface area contributed by atoms with Crippen LogP contribution in [0.5, 0.6) is 0 Å². The van der Waals surface area contributed by atoms with Gasteiger partial charge in [-0.05, 0) is 81.6 Å². The number of hydrogen-bond donors (Lipinski definition) is 0. The van der Waals surface area contributed by atoms with E-state index in [4.69, 9.17) is 0 Å². The predicted molar refractivity (Wildman–Crippen MR) is 226 cm³/mol. The third kappa shape index (κ3) is 4.85. The molecule has 6 aromatic rings. The van der Waals surface area contributed by atoms with E-state index < -0.39 is 0 Å². The van der Waals surface area contributed by atoms with Gasteiger partial charge in [0.1, 0.15) is 0 Å². The molecule has 2 amide bonds. The highest BCUT2D eigenvalue weighted by Crippen LogP contribution is 2.57. The molecule has 0 aliphatic carbocycles. The normalized spacial score (nSPS) is 16.2. The molecule has 0 bridgehead atoms. The molecule has 0 saturated heterocycles. The quantitative estimate of drug-likeness (QED) is 0.166. The predicted octanol–water partition coefficient (Wildman–Crippen LogP) is 13.0. The van der Waals surface area contributed by atoms with E-state index >= 15 is 9.59 Å². The van der Waals surface area contributed by atoms with E-state index in [1.165, 1.54) is 4.90 Å². The van der Waals surface area contributed by atoms with E-state index in [0.717, 1.165) is 56.1 Å². The second-order valence-electron chi connectivity index (χ2n) is 16.9. The van der Waals surface area contributed by atoms with Crippen molar-refractivity contribution in [2.75, 3.05) is 14.7 Å². The Morgan fingerprint density at radius 3 is 1.00 bits per heavy atom. The van der Waals surface area contributed by atoms with Crippen LogP contribution in [0.1, 0.15) is 121 Å². The molecule has 3 heterocycles. The zero-order valence-corrected chi connectivity index (χ0v) is 32.9. The molecule has 0 aromatic heterocycles. The van der Waals surface area contributed by atoms with E-state index in [0.29, 0.717) is 28.2 Å². The molecule has 274 valence electrons. The smallest absolute Gasteiger partial charge is 0.268 e. The second-order valence-corrected chi connectivity index (χ2v) is 16.9. The average molecular weight is 722 g/mol. The largest absolute Gasteiger partial charge is 0.309 e. The van der Waals surface area contributed by atoms with Crippen molar-refractivity contribution in [3.63, 3.8) is 0 Å². The lowest BCUT2D eigenvalue weighted by Gasteiger charge is -2.43. The summed E-state index contributed by atoms with van der Waals surface area (Å²) in [5.74, 6) is -0.428. The molecular weight excluding hydrogens is 675 g/mol. The third-order valence-corrected chi connectivity index (χ3v) is 12.3. The molecule has 0 radical (unpaired) electrons. The fraction of sp³-hybridized carbons (Fsp3) is 0.240. The number of hydrogen-bond acceptors (Lipinski definition) is 4. The molecule has 3 aliphatic rings. The van der Waals surface area contributed by atoms with Gasteiger partial charge in [-0.1, -0.05) is 146 Å². The van der Waals surface area contributed by atoms with Crippen LogP contribution in [-0.2, 0) is 10.8 Å². The SMILES string of the molecule is CC(C)c1cccc(C(C)C)c1N1C(=O)c2c(N3c4ccccc4C(C)(C)c4ccccc43)ccc(N3c4ccccc4C(C)(C)c4ccccc43)c2C1=O. The van der Waals surface area contributed by atoms with E-state index in [1.54, 1.807) is 0 Å². The lowest BCUT2D eigenvalue weighted by atomic mass is 9.73. The molecule has 0 atom stereocenters. The summed E-state index contributed by atoms with van der Waals surface area (Å²) >= 11 is 0. The van der Waals surface area contributed by atoms with Crippen molar-refractivity contribution in [1.82, 2.24) is 0 Å². The lowest BCUT2D eigenvalue weighted by molar-refractivity contribution is 0.0926. The lowest BCUT2D eigenvalue weighted by Crippen LogP contribution is -2.33. The van der Waals surface area contributed by atoms with Crippen molar-refractivity contribution in [1.29, 1.82) is 0 Å². The molecule has 0 N–H and O–H groups in total. The number of nitrogens with zero attached hydrogens (tertiary/aromatic N) is 3.